The Balaban J connectivity index is 1.86. The molecular weight excluding hydrogens is 252 g/mol. The van der Waals surface area contributed by atoms with Crippen molar-refractivity contribution in [1.82, 2.24) is 15.3 Å². The lowest BCUT2D eigenvalue weighted by atomic mass is 10.0. The van der Waals surface area contributed by atoms with Gasteiger partial charge in [0, 0.05) is 18.4 Å². The summed E-state index contributed by atoms with van der Waals surface area (Å²) in [6, 6.07) is 5.66. The van der Waals surface area contributed by atoms with Gasteiger partial charge in [0.2, 0.25) is 0 Å². The number of benzene rings is 1. The molecule has 2 atom stereocenters. The maximum absolute atomic E-state index is 12.5. The molecule has 1 fully saturated rings. The van der Waals surface area contributed by atoms with Crippen molar-refractivity contribution in [3.63, 3.8) is 0 Å². The fourth-order valence-electron chi connectivity index (χ4n) is 2.93. The Bertz CT molecular complexity index is 623. The molecule has 1 saturated carbocycles. The predicted octanol–water partition coefficient (Wildman–Crippen LogP) is 1.49. The first-order chi connectivity index (χ1) is 9.79. The van der Waals surface area contributed by atoms with Gasteiger partial charge in [-0.15, -0.1) is 0 Å². The van der Waals surface area contributed by atoms with Gasteiger partial charge in [-0.2, -0.15) is 0 Å². The number of hydrogen-bond donors (Lipinski definition) is 2. The number of para-hydroxylation sites is 1. The number of carbonyl (C=O) groups is 1. The third-order valence-electron chi connectivity index (χ3n) is 4.02. The Morgan fingerprint density at radius 1 is 1.30 bits per heavy atom. The summed E-state index contributed by atoms with van der Waals surface area (Å²) in [5.41, 5.74) is 7.72. The molecule has 3 rings (SSSR count). The van der Waals surface area contributed by atoms with Crippen LogP contribution in [-0.2, 0) is 0 Å². The number of aromatic nitrogens is 2. The fourth-order valence-corrected chi connectivity index (χ4v) is 2.93. The molecule has 20 heavy (non-hydrogen) atoms. The number of fused-ring (bicyclic) bond motifs is 1. The van der Waals surface area contributed by atoms with Crippen molar-refractivity contribution < 1.29 is 4.79 Å². The summed E-state index contributed by atoms with van der Waals surface area (Å²) in [5.74, 6) is 0.307. The smallest absolute Gasteiger partial charge is 0.253 e. The summed E-state index contributed by atoms with van der Waals surface area (Å²) in [6.45, 7) is 0.625. The summed E-state index contributed by atoms with van der Waals surface area (Å²) in [6.07, 6.45) is 6.46. The normalized spacial score (nSPS) is 22.1. The van der Waals surface area contributed by atoms with Gasteiger partial charge in [0.15, 0.2) is 0 Å². The van der Waals surface area contributed by atoms with Crippen LogP contribution in [-0.4, -0.2) is 28.5 Å². The van der Waals surface area contributed by atoms with Crippen LogP contribution in [0.4, 0.5) is 0 Å². The lowest BCUT2D eigenvalue weighted by Crippen LogP contribution is -2.40. The topological polar surface area (TPSA) is 80.9 Å². The molecule has 2 aromatic rings. The van der Waals surface area contributed by atoms with E-state index in [4.69, 9.17) is 5.73 Å². The summed E-state index contributed by atoms with van der Waals surface area (Å²) in [5, 5.41) is 3.10. The summed E-state index contributed by atoms with van der Waals surface area (Å²) >= 11 is 0. The average Bonchev–Trinajstić information content (AvgIpc) is 2.93. The van der Waals surface area contributed by atoms with Crippen LogP contribution >= 0.6 is 0 Å². The second-order valence-corrected chi connectivity index (χ2v) is 5.24. The van der Waals surface area contributed by atoms with Gasteiger partial charge >= 0.3 is 0 Å². The van der Waals surface area contributed by atoms with E-state index in [0.717, 1.165) is 24.8 Å². The minimum atomic E-state index is -0.0820. The van der Waals surface area contributed by atoms with E-state index in [-0.39, 0.29) is 11.9 Å². The van der Waals surface area contributed by atoms with E-state index in [1.165, 1.54) is 0 Å². The predicted molar refractivity (Wildman–Crippen MR) is 77.2 cm³/mol. The quantitative estimate of drug-likeness (QED) is 0.885. The zero-order valence-electron chi connectivity index (χ0n) is 11.2. The molecule has 0 radical (unpaired) electrons. The van der Waals surface area contributed by atoms with Gasteiger partial charge in [0.05, 0.1) is 11.1 Å². The van der Waals surface area contributed by atoms with Gasteiger partial charge in [0.25, 0.3) is 5.91 Å². The maximum atomic E-state index is 12.5. The van der Waals surface area contributed by atoms with Crippen LogP contribution in [0.15, 0.2) is 30.6 Å². The Kier molecular flexibility index (Phi) is 3.60. The molecule has 0 spiro atoms. The first kappa shape index (κ1) is 13.0. The summed E-state index contributed by atoms with van der Waals surface area (Å²) in [4.78, 5) is 20.9. The Morgan fingerprint density at radius 2 is 2.15 bits per heavy atom. The molecule has 1 aromatic carbocycles. The number of nitrogens with two attached hydrogens (primary N) is 1. The third-order valence-corrected chi connectivity index (χ3v) is 4.02. The molecule has 1 aliphatic rings. The van der Waals surface area contributed by atoms with Crippen molar-refractivity contribution in [3.05, 3.63) is 36.2 Å². The van der Waals surface area contributed by atoms with Crippen LogP contribution in [0, 0.1) is 5.92 Å². The highest BCUT2D eigenvalue weighted by Crippen LogP contribution is 2.25. The van der Waals surface area contributed by atoms with E-state index in [0.29, 0.717) is 23.5 Å². The van der Waals surface area contributed by atoms with Crippen molar-refractivity contribution in [2.24, 2.45) is 11.7 Å². The van der Waals surface area contributed by atoms with Crippen LogP contribution in [0.1, 0.15) is 29.6 Å². The SMILES string of the molecule is NCC1CCCC1NC(=O)c1cccc2nccnc12. The second-order valence-electron chi connectivity index (χ2n) is 5.24. The van der Waals surface area contributed by atoms with E-state index in [1.54, 1.807) is 18.5 Å². The van der Waals surface area contributed by atoms with Crippen LogP contribution in [0.25, 0.3) is 11.0 Å². The van der Waals surface area contributed by atoms with Gasteiger partial charge in [-0.1, -0.05) is 12.5 Å². The Hall–Kier alpha value is -2.01. The molecule has 0 aliphatic heterocycles. The number of nitrogens with zero attached hydrogens (tertiary/aromatic N) is 2. The van der Waals surface area contributed by atoms with Gasteiger partial charge < -0.3 is 11.1 Å². The van der Waals surface area contributed by atoms with Crippen molar-refractivity contribution in [3.8, 4) is 0 Å². The van der Waals surface area contributed by atoms with Crippen LogP contribution in [0.3, 0.4) is 0 Å². The molecule has 1 heterocycles. The zero-order chi connectivity index (χ0) is 13.9. The van der Waals surface area contributed by atoms with Crippen LogP contribution in [0.5, 0.6) is 0 Å². The minimum absolute atomic E-state index is 0.0820. The summed E-state index contributed by atoms with van der Waals surface area (Å²) < 4.78 is 0. The van der Waals surface area contributed by atoms with E-state index in [1.807, 2.05) is 12.1 Å². The first-order valence-corrected chi connectivity index (χ1v) is 7.00. The molecule has 2 unspecified atom stereocenters. The highest BCUT2D eigenvalue weighted by atomic mass is 16.1. The van der Waals surface area contributed by atoms with Crippen molar-refractivity contribution in [1.29, 1.82) is 0 Å². The fraction of sp³-hybridized carbons (Fsp3) is 0.400. The number of hydrogen-bond acceptors (Lipinski definition) is 4. The number of amides is 1. The van der Waals surface area contributed by atoms with Gasteiger partial charge in [-0.3, -0.25) is 14.8 Å². The molecule has 104 valence electrons. The molecule has 0 bridgehead atoms. The van der Waals surface area contributed by atoms with Gasteiger partial charge in [-0.25, -0.2) is 0 Å². The van der Waals surface area contributed by atoms with E-state index in [2.05, 4.69) is 15.3 Å². The second kappa shape index (κ2) is 5.54. The average molecular weight is 270 g/mol. The third kappa shape index (κ3) is 2.36. The highest BCUT2D eigenvalue weighted by molar-refractivity contribution is 6.04. The van der Waals surface area contributed by atoms with Crippen molar-refractivity contribution in [2.75, 3.05) is 6.54 Å². The molecule has 5 heteroatoms. The van der Waals surface area contributed by atoms with Crippen LogP contribution < -0.4 is 11.1 Å². The Morgan fingerprint density at radius 3 is 3.00 bits per heavy atom. The van der Waals surface area contributed by atoms with Gasteiger partial charge in [-0.05, 0) is 37.4 Å². The first-order valence-electron chi connectivity index (χ1n) is 7.00. The number of carbonyl (C=O) groups excluding carboxylic acids is 1. The Labute approximate surface area is 117 Å². The highest BCUT2D eigenvalue weighted by Gasteiger charge is 2.28. The lowest BCUT2D eigenvalue weighted by Gasteiger charge is -2.19. The lowest BCUT2D eigenvalue weighted by molar-refractivity contribution is 0.0930. The van der Waals surface area contributed by atoms with Gasteiger partial charge in [0.1, 0.15) is 5.52 Å². The molecule has 1 aromatic heterocycles. The zero-order valence-corrected chi connectivity index (χ0v) is 11.2. The largest absolute Gasteiger partial charge is 0.349 e. The van der Waals surface area contributed by atoms with Crippen LogP contribution in [0.2, 0.25) is 0 Å². The van der Waals surface area contributed by atoms with E-state index >= 15 is 0 Å². The molecule has 3 N–H and O–H groups in total. The summed E-state index contributed by atoms with van der Waals surface area (Å²) in [7, 11) is 0. The maximum Gasteiger partial charge on any atom is 0.253 e. The number of rotatable bonds is 3. The molecule has 0 saturated heterocycles. The van der Waals surface area contributed by atoms with Crippen molar-refractivity contribution in [2.45, 2.75) is 25.3 Å². The minimum Gasteiger partial charge on any atom is -0.349 e. The monoisotopic (exact) mass is 270 g/mol. The standard InChI is InChI=1S/C15H18N4O/c16-9-10-3-1-5-12(10)19-15(20)11-4-2-6-13-14(11)18-8-7-17-13/h2,4,6-8,10,12H,1,3,5,9,16H2,(H,19,20). The number of nitrogens with one attached hydrogen (secondary N) is 1. The van der Waals surface area contributed by atoms with Crippen molar-refractivity contribution >= 4 is 16.9 Å². The molecule has 1 aliphatic carbocycles. The van der Waals surface area contributed by atoms with E-state index in [9.17, 15) is 4.79 Å². The molecule has 5 nitrogen and oxygen atoms in total. The molecule has 1 amide bonds. The van der Waals surface area contributed by atoms with E-state index < -0.39 is 0 Å². The molecular formula is C15H18N4O.